The molecule has 0 saturated carbocycles. The zero-order valence-electron chi connectivity index (χ0n) is 42.0. The molecule has 2 amide bonds. The van der Waals surface area contributed by atoms with Crippen LogP contribution in [-0.2, 0) is 46.9 Å². The number of hydrogen-bond acceptors (Lipinski definition) is 12. The summed E-state index contributed by atoms with van der Waals surface area (Å²) in [7, 11) is -2.86. The number of aliphatic hydroxyl groups is 1. The Kier molecular flexibility index (Phi) is 19.0. The van der Waals surface area contributed by atoms with Crippen LogP contribution >= 0.6 is 17.2 Å². The van der Waals surface area contributed by atoms with Gasteiger partial charge in [0.1, 0.15) is 5.76 Å². The molecule has 2 atom stereocenters. The second-order valence-corrected chi connectivity index (χ2v) is 21.2. The maximum atomic E-state index is 14.8. The van der Waals surface area contributed by atoms with Crippen molar-refractivity contribution >= 4 is 57.5 Å². The van der Waals surface area contributed by atoms with Gasteiger partial charge in [-0.25, -0.2) is 4.99 Å². The molecule has 16 heteroatoms. The lowest BCUT2D eigenvalue weighted by atomic mass is 9.73. The molecule has 5 rings (SSSR count). The van der Waals surface area contributed by atoms with E-state index in [0.717, 1.165) is 22.5 Å². The van der Waals surface area contributed by atoms with Crippen molar-refractivity contribution in [1.29, 1.82) is 0 Å². The monoisotopic (exact) mass is 955 g/mol. The number of fused-ring (bicyclic) bond motifs is 2. The van der Waals surface area contributed by atoms with Crippen LogP contribution < -0.4 is 10.2 Å². The molecule has 2 unspecified atom stereocenters. The van der Waals surface area contributed by atoms with Gasteiger partial charge in [-0.1, -0.05) is 27.7 Å². The predicted molar refractivity (Wildman–Crippen MR) is 266 cm³/mol. The Morgan fingerprint density at radius 1 is 0.742 bits per heavy atom. The topological polar surface area (TPSA) is 158 Å². The first kappa shape index (κ1) is 53.6. The van der Waals surface area contributed by atoms with Crippen molar-refractivity contribution in [2.45, 2.75) is 165 Å². The number of carbonyl (C=O) groups excluding carboxylic acids is 3. The van der Waals surface area contributed by atoms with E-state index in [0.29, 0.717) is 87.9 Å². The summed E-state index contributed by atoms with van der Waals surface area (Å²) in [4.78, 5) is 51.6. The SMILES string of the molecule is CCOP(OCC)OCCCCC(=O)N=C1C=C2C(=CC1=C1C(=O)C(c3cc4c(cc3NC(=O)CCCCOP(OCC)OCC)N(C(C)C)C(C)C4(C)C)=C1O)C(C)(C)C(C)N2C(C)C. The van der Waals surface area contributed by atoms with Gasteiger partial charge >= 0.3 is 17.2 Å². The lowest BCUT2D eigenvalue weighted by Gasteiger charge is -2.34. The van der Waals surface area contributed by atoms with Gasteiger partial charge < -0.3 is 47.4 Å². The fraction of sp³-hybridized carbons (Fsp3) is 0.640. The van der Waals surface area contributed by atoms with Gasteiger partial charge in [-0.2, -0.15) is 0 Å². The molecule has 0 spiro atoms. The summed E-state index contributed by atoms with van der Waals surface area (Å²) in [6.45, 7) is 31.9. The third-order valence-corrected chi connectivity index (χ3v) is 15.8. The highest BCUT2D eigenvalue weighted by molar-refractivity contribution is 7.41. The summed E-state index contributed by atoms with van der Waals surface area (Å²) in [5, 5.41) is 15.4. The number of aliphatic hydroxyl groups excluding tert-OH is 1. The van der Waals surface area contributed by atoms with Gasteiger partial charge in [-0.15, -0.1) is 0 Å². The van der Waals surface area contributed by atoms with Gasteiger partial charge in [0.15, 0.2) is 0 Å². The third-order valence-electron chi connectivity index (χ3n) is 13.1. The Morgan fingerprint density at radius 3 is 1.79 bits per heavy atom. The van der Waals surface area contributed by atoms with Gasteiger partial charge in [0.25, 0.3) is 0 Å². The fourth-order valence-electron chi connectivity index (χ4n) is 9.24. The summed E-state index contributed by atoms with van der Waals surface area (Å²) >= 11 is 0. The Labute approximate surface area is 396 Å². The minimum Gasteiger partial charge on any atom is -0.506 e. The molecular formula is C50H76N4O10P2. The summed E-state index contributed by atoms with van der Waals surface area (Å²) in [6, 6.07) is 4.47. The summed E-state index contributed by atoms with van der Waals surface area (Å²) in [6.07, 6.45) is 6.57. The van der Waals surface area contributed by atoms with Crippen molar-refractivity contribution in [1.82, 2.24) is 4.90 Å². The van der Waals surface area contributed by atoms with Gasteiger partial charge in [-0.3, -0.25) is 14.4 Å². The van der Waals surface area contributed by atoms with Gasteiger partial charge in [0, 0.05) is 70.4 Å². The lowest BCUT2D eigenvalue weighted by molar-refractivity contribution is -0.118. The van der Waals surface area contributed by atoms with E-state index in [1.54, 1.807) is 0 Å². The van der Waals surface area contributed by atoms with Crippen LogP contribution in [0.5, 0.6) is 0 Å². The van der Waals surface area contributed by atoms with E-state index in [1.807, 2.05) is 52.0 Å². The van der Waals surface area contributed by atoms with Crippen molar-refractivity contribution in [3.8, 4) is 0 Å². The molecule has 0 radical (unpaired) electrons. The molecule has 1 aromatic rings. The molecule has 14 nitrogen and oxygen atoms in total. The van der Waals surface area contributed by atoms with E-state index in [1.165, 1.54) is 0 Å². The average molecular weight is 955 g/mol. The van der Waals surface area contributed by atoms with Crippen molar-refractivity contribution in [2.24, 2.45) is 10.4 Å². The maximum absolute atomic E-state index is 14.8. The third kappa shape index (κ3) is 11.6. The normalized spacial score (nSPS) is 21.7. The van der Waals surface area contributed by atoms with Gasteiger partial charge in [0.05, 0.1) is 62.2 Å². The molecule has 2 heterocycles. The molecule has 4 aliphatic rings. The number of Topliss-reactive ketones (excluding diaryl/α,β-unsaturated/α-hetero) is 1. The van der Waals surface area contributed by atoms with Crippen LogP contribution in [0.2, 0.25) is 0 Å². The number of aliphatic imine (C=N–C) groups is 1. The molecular weight excluding hydrogens is 879 g/mol. The Balaban J connectivity index is 1.52. The summed E-state index contributed by atoms with van der Waals surface area (Å²) in [5.74, 6) is -1.12. The van der Waals surface area contributed by atoms with Crippen LogP contribution in [0.1, 0.15) is 147 Å². The van der Waals surface area contributed by atoms with E-state index >= 15 is 0 Å². The second kappa shape index (κ2) is 23.3. The molecule has 1 saturated heterocycles. The first-order valence-electron chi connectivity index (χ1n) is 24.0. The average Bonchev–Trinajstić information content (AvgIpc) is 3.56. The number of carbonyl (C=O) groups is 3. The van der Waals surface area contributed by atoms with Crippen molar-refractivity contribution in [3.05, 3.63) is 63.6 Å². The zero-order chi connectivity index (χ0) is 48.7. The van der Waals surface area contributed by atoms with Crippen molar-refractivity contribution < 1.29 is 46.6 Å². The van der Waals surface area contributed by atoms with Crippen LogP contribution in [0.25, 0.3) is 5.57 Å². The Hall–Kier alpha value is -3.32. The number of benzene rings is 1. The number of amides is 2. The number of nitrogens with one attached hydrogen (secondary N) is 1. The van der Waals surface area contributed by atoms with Gasteiger partial charge in [-0.05, 0) is 130 Å². The number of rotatable bonds is 24. The summed E-state index contributed by atoms with van der Waals surface area (Å²) in [5.41, 5.74) is 5.21. The quantitative estimate of drug-likeness (QED) is 0.0575. The minimum absolute atomic E-state index is 0.104. The van der Waals surface area contributed by atoms with Crippen molar-refractivity contribution in [3.63, 3.8) is 0 Å². The first-order valence-corrected chi connectivity index (χ1v) is 26.2. The molecule has 2 aliphatic carbocycles. The Bertz CT molecular complexity index is 2100. The first-order chi connectivity index (χ1) is 31.3. The molecule has 1 aromatic carbocycles. The number of allylic oxidation sites excluding steroid dienone is 6. The fourth-order valence-corrected chi connectivity index (χ4v) is 11.1. The number of anilines is 2. The molecule has 366 valence electrons. The molecule has 0 bridgehead atoms. The van der Waals surface area contributed by atoms with Crippen LogP contribution in [0.4, 0.5) is 11.4 Å². The van der Waals surface area contributed by atoms with E-state index in [4.69, 9.17) is 27.1 Å². The maximum Gasteiger partial charge on any atom is 0.332 e. The van der Waals surface area contributed by atoms with E-state index in [2.05, 4.69) is 89.3 Å². The Morgan fingerprint density at radius 2 is 1.27 bits per heavy atom. The number of ketones is 1. The van der Waals surface area contributed by atoms with E-state index < -0.39 is 17.2 Å². The van der Waals surface area contributed by atoms with E-state index in [-0.39, 0.29) is 82.3 Å². The predicted octanol–water partition coefficient (Wildman–Crippen LogP) is 11.6. The number of hydrogen-bond donors (Lipinski definition) is 2. The smallest absolute Gasteiger partial charge is 0.332 e. The van der Waals surface area contributed by atoms with Crippen molar-refractivity contribution in [2.75, 3.05) is 49.9 Å². The van der Waals surface area contributed by atoms with Gasteiger partial charge in [0.2, 0.25) is 17.6 Å². The highest BCUT2D eigenvalue weighted by atomic mass is 31.2. The minimum atomic E-state index is -1.43. The van der Waals surface area contributed by atoms with Crippen LogP contribution in [0.3, 0.4) is 0 Å². The molecule has 0 aromatic heterocycles. The van der Waals surface area contributed by atoms with Crippen LogP contribution in [0.15, 0.2) is 57.5 Å². The van der Waals surface area contributed by atoms with E-state index in [9.17, 15) is 19.5 Å². The zero-order valence-corrected chi connectivity index (χ0v) is 43.8. The standard InChI is InChI=1S/C50H76N4O10P2/c1-15-59-65(60-16-2)63-25-21-19-23-43(55)51-39-29-41-37(49(11,12)33(9)53(41)31(5)6)27-35(39)45-47(57)46(48(45)58)36-28-38-42(54(32(7)8)34(10)50(38,13)14)30-40(36)52-44(56)24-20-22-26-64-66(61-17-3)62-18-4/h27-34,57H,15-26H2,1-14H3,(H,51,55). The van der Waals surface area contributed by atoms with Crippen LogP contribution in [0, 0.1) is 5.41 Å². The summed E-state index contributed by atoms with van der Waals surface area (Å²) < 4.78 is 33.7. The molecule has 2 aliphatic heterocycles. The molecule has 1 fully saturated rings. The highest BCUT2D eigenvalue weighted by Gasteiger charge is 2.49. The second-order valence-electron chi connectivity index (χ2n) is 18.8. The number of nitrogens with zero attached hydrogens (tertiary/aromatic N) is 3. The number of likely N-dealkylation sites (tertiary alicyclic amines) is 1. The highest BCUT2D eigenvalue weighted by Crippen LogP contribution is 2.54. The number of unbranched alkanes of at least 4 members (excludes halogenated alkanes) is 2. The van der Waals surface area contributed by atoms with Crippen LogP contribution in [-0.4, -0.2) is 97.1 Å². The largest absolute Gasteiger partial charge is 0.506 e. The molecule has 2 N–H and O–H groups in total. The molecule has 66 heavy (non-hydrogen) atoms. The lowest BCUT2D eigenvalue weighted by Crippen LogP contribution is -2.42.